The topological polar surface area (TPSA) is 62.3 Å². The molecule has 1 aromatic carbocycles. The number of anilines is 2. The van der Waals surface area contributed by atoms with E-state index >= 15 is 0 Å². The van der Waals surface area contributed by atoms with Crippen LogP contribution in [0.25, 0.3) is 0 Å². The van der Waals surface area contributed by atoms with Crippen LogP contribution in [0.1, 0.15) is 6.42 Å². The van der Waals surface area contributed by atoms with Crippen LogP contribution in [0.5, 0.6) is 0 Å². The van der Waals surface area contributed by atoms with Crippen LogP contribution in [-0.2, 0) is 4.74 Å². The van der Waals surface area contributed by atoms with Crippen molar-refractivity contribution in [3.8, 4) is 6.07 Å². The highest BCUT2D eigenvalue weighted by Gasteiger charge is 2.05. The highest BCUT2D eigenvalue weighted by molar-refractivity contribution is 5.53. The first-order valence-corrected chi connectivity index (χ1v) is 5.24. The lowest BCUT2D eigenvalue weighted by atomic mass is 10.2. The second-order valence-corrected chi connectivity index (χ2v) is 3.48. The van der Waals surface area contributed by atoms with Crippen molar-refractivity contribution >= 4 is 11.4 Å². The standard InChI is InChI=1S/C12H17N3O/c1-16-10-9-15(8-2-7-13)12-5-3-11(14)4-6-12/h3-6H,2,8-10,14H2,1H3. The summed E-state index contributed by atoms with van der Waals surface area (Å²) in [5.74, 6) is 0. The molecule has 0 radical (unpaired) electrons. The van der Waals surface area contributed by atoms with Gasteiger partial charge in [-0.15, -0.1) is 0 Å². The van der Waals surface area contributed by atoms with Gasteiger partial charge in [0.15, 0.2) is 0 Å². The van der Waals surface area contributed by atoms with Gasteiger partial charge >= 0.3 is 0 Å². The molecule has 2 N–H and O–H groups in total. The van der Waals surface area contributed by atoms with Crippen LogP contribution in [0, 0.1) is 11.3 Å². The quantitative estimate of drug-likeness (QED) is 0.739. The zero-order valence-electron chi connectivity index (χ0n) is 9.52. The maximum Gasteiger partial charge on any atom is 0.0640 e. The molecule has 0 spiro atoms. The lowest BCUT2D eigenvalue weighted by molar-refractivity contribution is 0.205. The Bertz CT molecular complexity index is 342. The number of hydrogen-bond donors (Lipinski definition) is 1. The number of hydrogen-bond acceptors (Lipinski definition) is 4. The maximum absolute atomic E-state index is 8.60. The SMILES string of the molecule is COCCN(CCC#N)c1ccc(N)cc1. The first kappa shape index (κ1) is 12.3. The summed E-state index contributed by atoms with van der Waals surface area (Å²) in [5, 5.41) is 8.60. The van der Waals surface area contributed by atoms with Gasteiger partial charge in [0.25, 0.3) is 0 Å². The fourth-order valence-corrected chi connectivity index (χ4v) is 1.44. The minimum atomic E-state index is 0.508. The molecular weight excluding hydrogens is 202 g/mol. The predicted octanol–water partition coefficient (Wildman–Crippen LogP) is 1.64. The summed E-state index contributed by atoms with van der Waals surface area (Å²) in [6, 6.07) is 9.80. The fraction of sp³-hybridized carbons (Fsp3) is 0.417. The summed E-state index contributed by atoms with van der Waals surface area (Å²) in [6.45, 7) is 2.14. The molecule has 1 aromatic rings. The predicted molar refractivity (Wildman–Crippen MR) is 65.2 cm³/mol. The normalized spacial score (nSPS) is 9.75. The van der Waals surface area contributed by atoms with Crippen LogP contribution in [0.2, 0.25) is 0 Å². The van der Waals surface area contributed by atoms with E-state index in [0.29, 0.717) is 19.6 Å². The van der Waals surface area contributed by atoms with Crippen molar-refractivity contribution in [3.05, 3.63) is 24.3 Å². The van der Waals surface area contributed by atoms with Crippen molar-refractivity contribution in [2.24, 2.45) is 0 Å². The number of nitriles is 1. The second-order valence-electron chi connectivity index (χ2n) is 3.48. The monoisotopic (exact) mass is 219 g/mol. The molecule has 0 saturated carbocycles. The van der Waals surface area contributed by atoms with Crippen LogP contribution < -0.4 is 10.6 Å². The number of nitrogen functional groups attached to an aromatic ring is 1. The molecule has 0 amide bonds. The van der Waals surface area contributed by atoms with Crippen LogP contribution in [0.15, 0.2) is 24.3 Å². The number of benzene rings is 1. The molecule has 16 heavy (non-hydrogen) atoms. The van der Waals surface area contributed by atoms with Gasteiger partial charge in [-0.05, 0) is 24.3 Å². The van der Waals surface area contributed by atoms with Gasteiger partial charge < -0.3 is 15.4 Å². The minimum absolute atomic E-state index is 0.508. The molecule has 0 atom stereocenters. The van der Waals surface area contributed by atoms with Crippen molar-refractivity contribution in [1.82, 2.24) is 0 Å². The van der Waals surface area contributed by atoms with Gasteiger partial charge in [-0.25, -0.2) is 0 Å². The van der Waals surface area contributed by atoms with Crippen LogP contribution in [-0.4, -0.2) is 26.8 Å². The Hall–Kier alpha value is -1.73. The zero-order valence-corrected chi connectivity index (χ0v) is 9.52. The second kappa shape index (κ2) is 6.70. The van der Waals surface area contributed by atoms with E-state index in [1.54, 1.807) is 7.11 Å². The first-order valence-electron chi connectivity index (χ1n) is 5.24. The Morgan fingerprint density at radius 1 is 1.31 bits per heavy atom. The smallest absolute Gasteiger partial charge is 0.0640 e. The highest BCUT2D eigenvalue weighted by atomic mass is 16.5. The number of nitrogens with zero attached hydrogens (tertiary/aromatic N) is 2. The summed E-state index contributed by atoms with van der Waals surface area (Å²) in [4.78, 5) is 2.12. The summed E-state index contributed by atoms with van der Waals surface area (Å²) >= 11 is 0. The van der Waals surface area contributed by atoms with E-state index in [1.807, 2.05) is 24.3 Å². The van der Waals surface area contributed by atoms with Gasteiger partial charge in [0.2, 0.25) is 0 Å². The van der Waals surface area contributed by atoms with E-state index in [9.17, 15) is 0 Å². The van der Waals surface area contributed by atoms with Crippen molar-refractivity contribution in [1.29, 1.82) is 5.26 Å². The van der Waals surface area contributed by atoms with Crippen LogP contribution in [0.4, 0.5) is 11.4 Å². The molecule has 0 aromatic heterocycles. The highest BCUT2D eigenvalue weighted by Crippen LogP contribution is 2.16. The third-order valence-electron chi connectivity index (χ3n) is 2.32. The molecule has 0 saturated heterocycles. The summed E-state index contributed by atoms with van der Waals surface area (Å²) in [5.41, 5.74) is 7.45. The Labute approximate surface area is 96.2 Å². The Kier molecular flexibility index (Phi) is 5.17. The lowest BCUT2D eigenvalue weighted by Crippen LogP contribution is -2.28. The lowest BCUT2D eigenvalue weighted by Gasteiger charge is -2.23. The van der Waals surface area contributed by atoms with Gasteiger partial charge in [-0.1, -0.05) is 0 Å². The first-order chi connectivity index (χ1) is 7.77. The van der Waals surface area contributed by atoms with Gasteiger partial charge in [0, 0.05) is 31.6 Å². The molecule has 0 aliphatic carbocycles. The third kappa shape index (κ3) is 3.79. The molecular formula is C12H17N3O. The van der Waals surface area contributed by atoms with Crippen molar-refractivity contribution in [2.75, 3.05) is 37.4 Å². The molecule has 86 valence electrons. The van der Waals surface area contributed by atoms with Crippen molar-refractivity contribution in [2.45, 2.75) is 6.42 Å². The molecule has 4 heteroatoms. The minimum Gasteiger partial charge on any atom is -0.399 e. The molecule has 0 fully saturated rings. The molecule has 0 aliphatic rings. The van der Waals surface area contributed by atoms with E-state index < -0.39 is 0 Å². The Morgan fingerprint density at radius 2 is 2.00 bits per heavy atom. The van der Waals surface area contributed by atoms with Crippen molar-refractivity contribution in [3.63, 3.8) is 0 Å². The number of rotatable bonds is 6. The van der Waals surface area contributed by atoms with E-state index in [-0.39, 0.29) is 0 Å². The number of nitrogens with two attached hydrogens (primary N) is 1. The molecule has 1 rings (SSSR count). The number of ether oxygens (including phenoxy) is 1. The van der Waals surface area contributed by atoms with Gasteiger partial charge in [0.1, 0.15) is 0 Å². The van der Waals surface area contributed by atoms with Crippen LogP contribution in [0.3, 0.4) is 0 Å². The van der Waals surface area contributed by atoms with Crippen molar-refractivity contribution < 1.29 is 4.74 Å². The summed E-state index contributed by atoms with van der Waals surface area (Å²) in [6.07, 6.45) is 0.508. The average molecular weight is 219 g/mol. The molecule has 0 aliphatic heterocycles. The molecule has 4 nitrogen and oxygen atoms in total. The number of methoxy groups -OCH3 is 1. The summed E-state index contributed by atoms with van der Waals surface area (Å²) in [7, 11) is 1.67. The van der Waals surface area contributed by atoms with E-state index in [2.05, 4.69) is 11.0 Å². The molecule has 0 unspecified atom stereocenters. The zero-order chi connectivity index (χ0) is 11.8. The third-order valence-corrected chi connectivity index (χ3v) is 2.32. The Morgan fingerprint density at radius 3 is 2.56 bits per heavy atom. The largest absolute Gasteiger partial charge is 0.399 e. The van der Waals surface area contributed by atoms with Gasteiger partial charge in [0.05, 0.1) is 19.1 Å². The van der Waals surface area contributed by atoms with Gasteiger partial charge in [-0.3, -0.25) is 0 Å². The van der Waals surface area contributed by atoms with E-state index in [1.165, 1.54) is 0 Å². The Balaban J connectivity index is 2.67. The fourth-order valence-electron chi connectivity index (χ4n) is 1.44. The maximum atomic E-state index is 8.60. The van der Waals surface area contributed by atoms with E-state index in [4.69, 9.17) is 15.7 Å². The van der Waals surface area contributed by atoms with Crippen LogP contribution >= 0.6 is 0 Å². The molecule has 0 heterocycles. The van der Waals surface area contributed by atoms with E-state index in [0.717, 1.165) is 17.9 Å². The average Bonchev–Trinajstić information content (AvgIpc) is 2.31. The molecule has 0 bridgehead atoms. The van der Waals surface area contributed by atoms with Gasteiger partial charge in [-0.2, -0.15) is 5.26 Å². The summed E-state index contributed by atoms with van der Waals surface area (Å²) < 4.78 is 5.05.